The van der Waals surface area contributed by atoms with Crippen LogP contribution in [-0.4, -0.2) is 75.4 Å². The highest BCUT2D eigenvalue weighted by Crippen LogP contribution is 2.19. The first-order valence-electron chi connectivity index (χ1n) is 10.7. The molecule has 1 aromatic rings. The number of alkyl carbamates (subject to hydrolysis) is 1. The summed E-state index contributed by atoms with van der Waals surface area (Å²) in [6.07, 6.45) is -0.213. The Morgan fingerprint density at radius 1 is 1.16 bits per heavy atom. The van der Waals surface area contributed by atoms with Crippen LogP contribution in [0.3, 0.4) is 0 Å². The van der Waals surface area contributed by atoms with E-state index in [9.17, 15) is 14.4 Å². The lowest BCUT2D eigenvalue weighted by atomic mass is 10.0. The summed E-state index contributed by atoms with van der Waals surface area (Å²) in [4.78, 5) is 40.8. The number of rotatable bonds is 9. The number of carbonyl (C=O) groups excluding carboxylic acids is 3. The van der Waals surface area contributed by atoms with E-state index in [4.69, 9.17) is 4.74 Å². The molecule has 2 rings (SSSR count). The molecule has 0 aromatic heterocycles. The van der Waals surface area contributed by atoms with Gasteiger partial charge >= 0.3 is 6.09 Å². The van der Waals surface area contributed by atoms with E-state index in [0.29, 0.717) is 31.9 Å². The number of carbonyl (C=O) groups is 3. The van der Waals surface area contributed by atoms with Crippen molar-refractivity contribution in [2.75, 3.05) is 56.7 Å². The zero-order valence-electron chi connectivity index (χ0n) is 18.8. The van der Waals surface area contributed by atoms with Gasteiger partial charge in [-0.2, -0.15) is 0 Å². The third-order valence-electron chi connectivity index (χ3n) is 5.04. The molecule has 9 heteroatoms. The van der Waals surface area contributed by atoms with Gasteiger partial charge in [0.1, 0.15) is 6.04 Å². The van der Waals surface area contributed by atoms with Crippen molar-refractivity contribution in [2.24, 2.45) is 5.92 Å². The number of hydrogen-bond donors (Lipinski definition) is 2. The lowest BCUT2D eigenvalue weighted by Gasteiger charge is -2.29. The second-order valence-corrected chi connectivity index (χ2v) is 7.86. The number of amides is 3. The Labute approximate surface area is 184 Å². The van der Waals surface area contributed by atoms with Crippen LogP contribution in [0.25, 0.3) is 0 Å². The van der Waals surface area contributed by atoms with Crippen LogP contribution in [0.15, 0.2) is 24.3 Å². The third kappa shape index (κ3) is 7.75. The second-order valence-electron chi connectivity index (χ2n) is 7.86. The predicted molar refractivity (Wildman–Crippen MR) is 119 cm³/mol. The van der Waals surface area contributed by atoms with Crippen molar-refractivity contribution in [2.45, 2.75) is 33.2 Å². The number of likely N-dealkylation sites (N-methyl/N-ethyl adjacent to an activating group) is 1. The van der Waals surface area contributed by atoms with Crippen LogP contribution in [0.5, 0.6) is 0 Å². The number of nitrogens with zero attached hydrogens (tertiary/aromatic N) is 2. The SMILES string of the molecule is CCN(CC(=O)Nc1ccc(N2CCOCC2)cc1)C(=O)C(CC(C)C)NC(=O)OC. The van der Waals surface area contributed by atoms with Crippen LogP contribution < -0.4 is 15.5 Å². The maximum Gasteiger partial charge on any atom is 0.407 e. The summed E-state index contributed by atoms with van der Waals surface area (Å²) < 4.78 is 10.00. The zero-order valence-corrected chi connectivity index (χ0v) is 18.8. The van der Waals surface area contributed by atoms with Gasteiger partial charge in [0.25, 0.3) is 0 Å². The summed E-state index contributed by atoms with van der Waals surface area (Å²) >= 11 is 0. The highest BCUT2D eigenvalue weighted by atomic mass is 16.5. The average molecular weight is 435 g/mol. The van der Waals surface area contributed by atoms with Crippen molar-refractivity contribution in [3.63, 3.8) is 0 Å². The molecule has 1 heterocycles. The highest BCUT2D eigenvalue weighted by Gasteiger charge is 2.27. The van der Waals surface area contributed by atoms with Gasteiger partial charge in [-0.1, -0.05) is 13.8 Å². The number of methoxy groups -OCH3 is 1. The summed E-state index contributed by atoms with van der Waals surface area (Å²) in [7, 11) is 1.25. The van der Waals surface area contributed by atoms with Gasteiger partial charge in [-0.15, -0.1) is 0 Å². The van der Waals surface area contributed by atoms with Gasteiger partial charge in [0.15, 0.2) is 0 Å². The molecule has 3 amide bonds. The molecule has 1 aliphatic rings. The third-order valence-corrected chi connectivity index (χ3v) is 5.04. The Balaban J connectivity index is 1.95. The van der Waals surface area contributed by atoms with Crippen molar-refractivity contribution in [3.05, 3.63) is 24.3 Å². The molecule has 1 atom stereocenters. The number of ether oxygens (including phenoxy) is 2. The molecule has 1 fully saturated rings. The Kier molecular flexibility index (Phi) is 9.58. The molecule has 172 valence electrons. The molecule has 1 aromatic carbocycles. The van der Waals surface area contributed by atoms with E-state index in [1.54, 1.807) is 6.92 Å². The summed E-state index contributed by atoms with van der Waals surface area (Å²) in [5, 5.41) is 5.41. The Morgan fingerprint density at radius 3 is 2.35 bits per heavy atom. The van der Waals surface area contributed by atoms with E-state index in [1.807, 2.05) is 38.1 Å². The standard InChI is InChI=1S/C22H34N4O5/c1-5-25(21(28)19(14-16(2)3)24-22(29)30-4)15-20(27)23-17-6-8-18(9-7-17)26-10-12-31-13-11-26/h6-9,16,19H,5,10-15H2,1-4H3,(H,23,27)(H,24,29). The zero-order chi connectivity index (χ0) is 22.8. The highest BCUT2D eigenvalue weighted by molar-refractivity contribution is 5.96. The number of anilines is 2. The van der Waals surface area contributed by atoms with Crippen LogP contribution in [-0.2, 0) is 19.1 Å². The average Bonchev–Trinajstić information content (AvgIpc) is 2.77. The fourth-order valence-corrected chi connectivity index (χ4v) is 3.41. The van der Waals surface area contributed by atoms with Crippen LogP contribution >= 0.6 is 0 Å². The molecule has 0 bridgehead atoms. The van der Waals surface area contributed by atoms with Gasteiger partial charge in [0, 0.05) is 31.0 Å². The molecular weight excluding hydrogens is 400 g/mol. The van der Waals surface area contributed by atoms with Crippen LogP contribution in [0.2, 0.25) is 0 Å². The maximum absolute atomic E-state index is 12.9. The fraction of sp³-hybridized carbons (Fsp3) is 0.591. The minimum Gasteiger partial charge on any atom is -0.453 e. The summed E-state index contributed by atoms with van der Waals surface area (Å²) in [6.45, 7) is 9.08. The number of hydrogen-bond acceptors (Lipinski definition) is 6. The predicted octanol–water partition coefficient (Wildman–Crippen LogP) is 2.08. The molecule has 9 nitrogen and oxygen atoms in total. The summed E-state index contributed by atoms with van der Waals surface area (Å²) in [5.41, 5.74) is 1.74. The minimum absolute atomic E-state index is 0.0992. The topological polar surface area (TPSA) is 100 Å². The van der Waals surface area contributed by atoms with Gasteiger partial charge < -0.3 is 29.9 Å². The second kappa shape index (κ2) is 12.1. The largest absolute Gasteiger partial charge is 0.453 e. The van der Waals surface area contributed by atoms with Gasteiger partial charge in [-0.3, -0.25) is 9.59 Å². The number of nitrogens with one attached hydrogen (secondary N) is 2. The molecule has 31 heavy (non-hydrogen) atoms. The molecular formula is C22H34N4O5. The minimum atomic E-state index is -0.743. The lowest BCUT2D eigenvalue weighted by Crippen LogP contribution is -2.50. The van der Waals surface area contributed by atoms with Crippen molar-refractivity contribution >= 4 is 29.3 Å². The fourth-order valence-electron chi connectivity index (χ4n) is 3.41. The monoisotopic (exact) mass is 434 g/mol. The van der Waals surface area contributed by atoms with E-state index in [2.05, 4.69) is 20.3 Å². The van der Waals surface area contributed by atoms with E-state index in [1.165, 1.54) is 12.0 Å². The van der Waals surface area contributed by atoms with E-state index in [-0.39, 0.29) is 24.3 Å². The quantitative estimate of drug-likeness (QED) is 0.617. The van der Waals surface area contributed by atoms with E-state index in [0.717, 1.165) is 18.8 Å². The Bertz CT molecular complexity index is 732. The van der Waals surface area contributed by atoms with Crippen molar-refractivity contribution in [1.29, 1.82) is 0 Å². The first kappa shape index (κ1) is 24.5. The molecule has 0 saturated carbocycles. The van der Waals surface area contributed by atoms with Gasteiger partial charge in [0.2, 0.25) is 11.8 Å². The van der Waals surface area contributed by atoms with Gasteiger partial charge in [0.05, 0.1) is 26.9 Å². The summed E-state index contributed by atoms with van der Waals surface area (Å²) in [6, 6.07) is 6.88. The van der Waals surface area contributed by atoms with Crippen molar-refractivity contribution < 1.29 is 23.9 Å². The molecule has 2 N–H and O–H groups in total. The van der Waals surface area contributed by atoms with Crippen molar-refractivity contribution in [3.8, 4) is 0 Å². The smallest absolute Gasteiger partial charge is 0.407 e. The Hall–Kier alpha value is -2.81. The molecule has 0 aliphatic carbocycles. The number of benzene rings is 1. The van der Waals surface area contributed by atoms with Crippen molar-refractivity contribution in [1.82, 2.24) is 10.2 Å². The van der Waals surface area contributed by atoms with Crippen LogP contribution in [0, 0.1) is 5.92 Å². The van der Waals surface area contributed by atoms with Crippen LogP contribution in [0.4, 0.5) is 16.2 Å². The summed E-state index contributed by atoms with van der Waals surface area (Å²) in [5.74, 6) is -0.418. The first-order valence-corrected chi connectivity index (χ1v) is 10.7. The normalized spacial score (nSPS) is 14.7. The van der Waals surface area contributed by atoms with Gasteiger partial charge in [-0.25, -0.2) is 4.79 Å². The van der Waals surface area contributed by atoms with Crippen LogP contribution in [0.1, 0.15) is 27.2 Å². The molecule has 1 unspecified atom stereocenters. The molecule has 0 radical (unpaired) electrons. The molecule has 1 aliphatic heterocycles. The van der Waals surface area contributed by atoms with Gasteiger partial charge in [-0.05, 0) is 43.5 Å². The Morgan fingerprint density at radius 2 is 1.81 bits per heavy atom. The van der Waals surface area contributed by atoms with E-state index < -0.39 is 12.1 Å². The number of morpholine rings is 1. The molecule has 1 saturated heterocycles. The van der Waals surface area contributed by atoms with E-state index >= 15 is 0 Å². The lowest BCUT2D eigenvalue weighted by molar-refractivity contribution is -0.136. The first-order chi connectivity index (χ1) is 14.8. The molecule has 0 spiro atoms. The maximum atomic E-state index is 12.9.